The quantitative estimate of drug-likeness (QED) is 0.725. The molecule has 0 aliphatic carbocycles. The van der Waals surface area contributed by atoms with Gasteiger partial charge in [-0.05, 0) is 36.0 Å². The topological polar surface area (TPSA) is 63.9 Å². The first-order chi connectivity index (χ1) is 9.67. The van der Waals surface area contributed by atoms with Crippen molar-refractivity contribution < 1.29 is 9.13 Å². The molecule has 1 aromatic heterocycles. The van der Waals surface area contributed by atoms with Gasteiger partial charge in [-0.2, -0.15) is 0 Å². The molecular weight excluding hydrogens is 277 g/mol. The van der Waals surface area contributed by atoms with Crippen LogP contribution in [0.4, 0.5) is 10.1 Å². The molecule has 0 fully saturated rings. The maximum atomic E-state index is 13.4. The van der Waals surface area contributed by atoms with Crippen molar-refractivity contribution in [2.75, 3.05) is 12.8 Å². The van der Waals surface area contributed by atoms with Gasteiger partial charge in [-0.3, -0.25) is 0 Å². The van der Waals surface area contributed by atoms with E-state index in [1.807, 2.05) is 18.2 Å². The summed E-state index contributed by atoms with van der Waals surface area (Å²) in [4.78, 5) is 8.22. The van der Waals surface area contributed by atoms with E-state index in [2.05, 4.69) is 9.97 Å². The number of ether oxygens (including phenoxy) is 1. The molecule has 2 aromatic carbocycles. The summed E-state index contributed by atoms with van der Waals surface area (Å²) in [6, 6.07) is 10.3. The molecule has 0 spiro atoms. The number of imidazole rings is 1. The van der Waals surface area contributed by atoms with Gasteiger partial charge in [-0.1, -0.05) is 6.07 Å². The Morgan fingerprint density at radius 3 is 2.95 bits per heavy atom. The lowest BCUT2D eigenvalue weighted by molar-refractivity contribution is 0.415. The number of benzene rings is 2. The maximum absolute atomic E-state index is 13.4. The number of anilines is 1. The summed E-state index contributed by atoms with van der Waals surface area (Å²) < 4.78 is 18.6. The molecule has 20 heavy (non-hydrogen) atoms. The smallest absolute Gasteiger partial charge is 0.171 e. The van der Waals surface area contributed by atoms with Gasteiger partial charge in [0.15, 0.2) is 5.16 Å². The Bertz CT molecular complexity index is 772. The molecule has 3 N–H and O–H groups in total. The molecule has 1 heterocycles. The summed E-state index contributed by atoms with van der Waals surface area (Å²) in [5.41, 5.74) is 7.53. The highest BCUT2D eigenvalue weighted by atomic mass is 32.2. The first-order valence-electron chi connectivity index (χ1n) is 5.93. The molecule has 3 aromatic rings. The highest BCUT2D eigenvalue weighted by molar-refractivity contribution is 7.99. The number of nitrogens with two attached hydrogens (primary N) is 1. The molecule has 6 heteroatoms. The molecule has 0 bridgehead atoms. The van der Waals surface area contributed by atoms with Gasteiger partial charge in [0, 0.05) is 11.0 Å². The van der Waals surface area contributed by atoms with Crippen LogP contribution < -0.4 is 10.5 Å². The monoisotopic (exact) mass is 289 g/mol. The summed E-state index contributed by atoms with van der Waals surface area (Å²) >= 11 is 1.30. The molecule has 0 amide bonds. The third kappa shape index (κ3) is 2.30. The lowest BCUT2D eigenvalue weighted by Gasteiger charge is -2.03. The summed E-state index contributed by atoms with van der Waals surface area (Å²) in [6.07, 6.45) is 0. The predicted octanol–water partition coefficient (Wildman–Crippen LogP) is 3.44. The number of hydrogen-bond donors (Lipinski definition) is 2. The van der Waals surface area contributed by atoms with Crippen LogP contribution in [0.3, 0.4) is 0 Å². The number of para-hydroxylation sites is 1. The molecule has 0 aliphatic rings. The van der Waals surface area contributed by atoms with Gasteiger partial charge in [0.1, 0.15) is 11.6 Å². The SMILES string of the molecule is COc1ccc2nc(Sc3cccc(F)c3N)[nH]c2c1. The summed E-state index contributed by atoms with van der Waals surface area (Å²) in [7, 11) is 1.61. The Kier molecular flexibility index (Phi) is 3.23. The Balaban J connectivity index is 1.96. The molecule has 0 unspecified atom stereocenters. The number of nitrogen functional groups attached to an aromatic ring is 1. The van der Waals surface area contributed by atoms with Crippen LogP contribution in [0, 0.1) is 5.82 Å². The maximum Gasteiger partial charge on any atom is 0.171 e. The lowest BCUT2D eigenvalue weighted by atomic mass is 10.3. The summed E-state index contributed by atoms with van der Waals surface area (Å²) in [5.74, 6) is 0.329. The molecule has 0 saturated heterocycles. The van der Waals surface area contributed by atoms with Gasteiger partial charge in [0.25, 0.3) is 0 Å². The zero-order valence-corrected chi connectivity index (χ0v) is 11.5. The number of aromatic amines is 1. The fourth-order valence-electron chi connectivity index (χ4n) is 1.85. The predicted molar refractivity (Wildman–Crippen MR) is 77.6 cm³/mol. The van der Waals surface area contributed by atoms with E-state index in [4.69, 9.17) is 10.5 Å². The van der Waals surface area contributed by atoms with Crippen LogP contribution in [0.25, 0.3) is 11.0 Å². The number of halogens is 1. The van der Waals surface area contributed by atoms with Gasteiger partial charge in [0.2, 0.25) is 0 Å². The second-order valence-corrected chi connectivity index (χ2v) is 5.21. The van der Waals surface area contributed by atoms with Crippen molar-refractivity contribution in [2.24, 2.45) is 0 Å². The van der Waals surface area contributed by atoms with Crippen molar-refractivity contribution in [3.05, 3.63) is 42.2 Å². The van der Waals surface area contributed by atoms with Gasteiger partial charge < -0.3 is 15.5 Å². The van der Waals surface area contributed by atoms with Crippen LogP contribution in [-0.4, -0.2) is 17.1 Å². The molecule has 4 nitrogen and oxygen atoms in total. The lowest BCUT2D eigenvalue weighted by Crippen LogP contribution is -1.92. The average molecular weight is 289 g/mol. The number of rotatable bonds is 3. The highest BCUT2D eigenvalue weighted by Gasteiger charge is 2.10. The number of fused-ring (bicyclic) bond motifs is 1. The minimum atomic E-state index is -0.423. The molecule has 0 saturated carbocycles. The zero-order valence-electron chi connectivity index (χ0n) is 10.7. The third-order valence-electron chi connectivity index (χ3n) is 2.89. The van der Waals surface area contributed by atoms with Crippen LogP contribution in [-0.2, 0) is 0 Å². The zero-order chi connectivity index (χ0) is 14.1. The molecule has 0 aliphatic heterocycles. The van der Waals surface area contributed by atoms with Crippen LogP contribution in [0.5, 0.6) is 5.75 Å². The number of hydrogen-bond acceptors (Lipinski definition) is 4. The number of nitrogens with zero attached hydrogens (tertiary/aromatic N) is 1. The first-order valence-corrected chi connectivity index (χ1v) is 6.74. The third-order valence-corrected chi connectivity index (χ3v) is 3.85. The largest absolute Gasteiger partial charge is 0.497 e. The molecule has 102 valence electrons. The van der Waals surface area contributed by atoms with E-state index < -0.39 is 5.82 Å². The molecule has 3 rings (SSSR count). The van der Waals surface area contributed by atoms with Crippen molar-refractivity contribution in [3.8, 4) is 5.75 Å². The van der Waals surface area contributed by atoms with E-state index in [1.54, 1.807) is 19.2 Å². The van der Waals surface area contributed by atoms with E-state index in [0.29, 0.717) is 10.1 Å². The number of nitrogens with one attached hydrogen (secondary N) is 1. The van der Waals surface area contributed by atoms with Crippen molar-refractivity contribution in [1.29, 1.82) is 0 Å². The van der Waals surface area contributed by atoms with Gasteiger partial charge in [0.05, 0.1) is 23.8 Å². The molecule has 0 atom stereocenters. The van der Waals surface area contributed by atoms with Crippen LogP contribution >= 0.6 is 11.8 Å². The Hall–Kier alpha value is -2.21. The van der Waals surface area contributed by atoms with E-state index in [1.165, 1.54) is 17.8 Å². The van der Waals surface area contributed by atoms with Gasteiger partial charge in [-0.25, -0.2) is 9.37 Å². The standard InChI is InChI=1S/C14H12FN3OS/c1-19-8-5-6-10-11(7-8)18-14(17-10)20-12-4-2-3-9(15)13(12)16/h2-7H,16H2,1H3,(H,17,18). The molecular formula is C14H12FN3OS. The summed E-state index contributed by atoms with van der Waals surface area (Å²) in [6.45, 7) is 0. The Morgan fingerprint density at radius 1 is 1.30 bits per heavy atom. The van der Waals surface area contributed by atoms with E-state index >= 15 is 0 Å². The highest BCUT2D eigenvalue weighted by Crippen LogP contribution is 2.33. The first kappa shape index (κ1) is 12.8. The minimum absolute atomic E-state index is 0.135. The van der Waals surface area contributed by atoms with Crippen molar-refractivity contribution in [2.45, 2.75) is 10.1 Å². The average Bonchev–Trinajstić information content (AvgIpc) is 2.85. The van der Waals surface area contributed by atoms with Gasteiger partial charge >= 0.3 is 0 Å². The van der Waals surface area contributed by atoms with Crippen molar-refractivity contribution in [3.63, 3.8) is 0 Å². The Labute approximate surface area is 119 Å². The second kappa shape index (κ2) is 5.05. The number of H-pyrrole nitrogens is 1. The van der Waals surface area contributed by atoms with Crippen molar-refractivity contribution in [1.82, 2.24) is 9.97 Å². The van der Waals surface area contributed by atoms with Crippen LogP contribution in [0.2, 0.25) is 0 Å². The van der Waals surface area contributed by atoms with Crippen molar-refractivity contribution >= 4 is 28.5 Å². The van der Waals surface area contributed by atoms with E-state index in [9.17, 15) is 4.39 Å². The fraction of sp³-hybridized carbons (Fsp3) is 0.0714. The van der Waals surface area contributed by atoms with Gasteiger partial charge in [-0.15, -0.1) is 0 Å². The summed E-state index contributed by atoms with van der Waals surface area (Å²) in [5, 5.41) is 0.658. The second-order valence-electron chi connectivity index (χ2n) is 4.18. The normalized spacial score (nSPS) is 10.9. The van der Waals surface area contributed by atoms with Crippen LogP contribution in [0.1, 0.15) is 0 Å². The molecule has 0 radical (unpaired) electrons. The number of aromatic nitrogens is 2. The van der Waals surface area contributed by atoms with Crippen LogP contribution in [0.15, 0.2) is 46.5 Å². The van der Waals surface area contributed by atoms with E-state index in [-0.39, 0.29) is 5.69 Å². The Morgan fingerprint density at radius 2 is 2.15 bits per heavy atom. The fourth-order valence-corrected chi connectivity index (χ4v) is 2.72. The minimum Gasteiger partial charge on any atom is -0.497 e. The van der Waals surface area contributed by atoms with E-state index in [0.717, 1.165) is 16.8 Å². The number of methoxy groups -OCH3 is 1.